The highest BCUT2D eigenvalue weighted by molar-refractivity contribution is 5.85. The van der Waals surface area contributed by atoms with Crippen LogP contribution in [-0.2, 0) is 10.2 Å². The second-order valence-corrected chi connectivity index (χ2v) is 5.97. The Morgan fingerprint density at radius 3 is 2.60 bits per heavy atom. The Morgan fingerprint density at radius 2 is 2.00 bits per heavy atom. The van der Waals surface area contributed by atoms with E-state index in [0.717, 1.165) is 19.4 Å². The fourth-order valence-corrected chi connectivity index (χ4v) is 2.50. The Bertz CT molecular complexity index is 414. The molecular weight excluding hydrogens is 272 g/mol. The van der Waals surface area contributed by atoms with Gasteiger partial charge in [0, 0.05) is 12.0 Å². The summed E-state index contributed by atoms with van der Waals surface area (Å²) in [5.74, 6) is 0.142. The molecule has 0 radical (unpaired) electrons. The normalized spacial score (nSPS) is 19.0. The van der Waals surface area contributed by atoms with Gasteiger partial charge >= 0.3 is 0 Å². The minimum atomic E-state index is -0.0361. The van der Waals surface area contributed by atoms with Crippen molar-refractivity contribution in [3.63, 3.8) is 0 Å². The standard InChI is InChI=1S/C16H24N2O.ClH/c1-16(2,13-8-4-3-5-9-13)12-18-15(19)14-10-6-7-11-17-14;/h3-5,8-9,14,17H,6-7,10-12H2,1-2H3,(H,18,19);1H/t14-;/m1./s1. The van der Waals surface area contributed by atoms with E-state index in [2.05, 4.69) is 36.6 Å². The van der Waals surface area contributed by atoms with Crippen LogP contribution < -0.4 is 10.6 Å². The van der Waals surface area contributed by atoms with Crippen LogP contribution in [0.25, 0.3) is 0 Å². The molecule has 0 spiro atoms. The predicted molar refractivity (Wildman–Crippen MR) is 85.4 cm³/mol. The molecule has 1 heterocycles. The van der Waals surface area contributed by atoms with Gasteiger partial charge in [-0.2, -0.15) is 0 Å². The van der Waals surface area contributed by atoms with Crippen molar-refractivity contribution in [1.29, 1.82) is 0 Å². The SMILES string of the molecule is CC(C)(CNC(=O)[C@H]1CCCCN1)c1ccccc1.Cl. The molecular formula is C16H25ClN2O. The fourth-order valence-electron chi connectivity index (χ4n) is 2.50. The molecule has 20 heavy (non-hydrogen) atoms. The Labute approximate surface area is 127 Å². The molecule has 2 N–H and O–H groups in total. The number of carbonyl (C=O) groups is 1. The minimum Gasteiger partial charge on any atom is -0.354 e. The van der Waals surface area contributed by atoms with Crippen LogP contribution in [0.15, 0.2) is 30.3 Å². The van der Waals surface area contributed by atoms with Crippen LogP contribution in [0.1, 0.15) is 38.7 Å². The summed E-state index contributed by atoms with van der Waals surface area (Å²) in [6, 6.07) is 10.3. The van der Waals surface area contributed by atoms with Crippen LogP contribution in [0.3, 0.4) is 0 Å². The quantitative estimate of drug-likeness (QED) is 0.897. The van der Waals surface area contributed by atoms with Crippen LogP contribution in [0, 0.1) is 0 Å². The Hall–Kier alpha value is -1.06. The van der Waals surface area contributed by atoms with Crippen molar-refractivity contribution in [2.24, 2.45) is 0 Å². The van der Waals surface area contributed by atoms with Gasteiger partial charge < -0.3 is 10.6 Å². The van der Waals surface area contributed by atoms with Crippen molar-refractivity contribution < 1.29 is 4.79 Å². The molecule has 1 atom stereocenters. The zero-order chi connectivity index (χ0) is 13.7. The van der Waals surface area contributed by atoms with E-state index in [9.17, 15) is 4.79 Å². The summed E-state index contributed by atoms with van der Waals surface area (Å²) in [5, 5.41) is 6.37. The summed E-state index contributed by atoms with van der Waals surface area (Å²) in [7, 11) is 0. The second kappa shape index (κ2) is 7.65. The molecule has 112 valence electrons. The van der Waals surface area contributed by atoms with E-state index < -0.39 is 0 Å². The molecule has 2 rings (SSSR count). The van der Waals surface area contributed by atoms with Gasteiger partial charge in [-0.15, -0.1) is 12.4 Å². The lowest BCUT2D eigenvalue weighted by Crippen LogP contribution is -2.49. The molecule has 1 aromatic rings. The predicted octanol–water partition coefficient (Wildman–Crippen LogP) is 2.64. The highest BCUT2D eigenvalue weighted by Crippen LogP contribution is 2.21. The summed E-state index contributed by atoms with van der Waals surface area (Å²) in [4.78, 5) is 12.1. The molecule has 0 aliphatic carbocycles. The van der Waals surface area contributed by atoms with E-state index in [4.69, 9.17) is 0 Å². The molecule has 0 aromatic heterocycles. The zero-order valence-electron chi connectivity index (χ0n) is 12.3. The van der Waals surface area contributed by atoms with E-state index in [0.29, 0.717) is 6.54 Å². The zero-order valence-corrected chi connectivity index (χ0v) is 13.1. The van der Waals surface area contributed by atoms with Crippen molar-refractivity contribution in [3.8, 4) is 0 Å². The minimum absolute atomic E-state index is 0. The van der Waals surface area contributed by atoms with Gasteiger partial charge in [0.1, 0.15) is 0 Å². The number of piperidine rings is 1. The van der Waals surface area contributed by atoms with E-state index in [-0.39, 0.29) is 29.8 Å². The maximum atomic E-state index is 12.1. The van der Waals surface area contributed by atoms with Crippen LogP contribution >= 0.6 is 12.4 Å². The summed E-state index contributed by atoms with van der Waals surface area (Å²) in [6.07, 6.45) is 3.28. The topological polar surface area (TPSA) is 41.1 Å². The molecule has 3 nitrogen and oxygen atoms in total. The number of hydrogen-bond donors (Lipinski definition) is 2. The van der Waals surface area contributed by atoms with Crippen molar-refractivity contribution in [1.82, 2.24) is 10.6 Å². The first-order valence-corrected chi connectivity index (χ1v) is 7.16. The molecule has 0 saturated carbocycles. The third kappa shape index (κ3) is 4.50. The molecule has 1 fully saturated rings. The number of nitrogens with one attached hydrogen (secondary N) is 2. The van der Waals surface area contributed by atoms with E-state index >= 15 is 0 Å². The maximum Gasteiger partial charge on any atom is 0.237 e. The largest absolute Gasteiger partial charge is 0.354 e. The van der Waals surface area contributed by atoms with Crippen LogP contribution in [0.4, 0.5) is 0 Å². The summed E-state index contributed by atoms with van der Waals surface area (Å²) >= 11 is 0. The van der Waals surface area contributed by atoms with Crippen LogP contribution in [0.2, 0.25) is 0 Å². The monoisotopic (exact) mass is 296 g/mol. The van der Waals surface area contributed by atoms with Gasteiger partial charge in [0.2, 0.25) is 5.91 Å². The first-order valence-electron chi connectivity index (χ1n) is 7.16. The number of benzene rings is 1. The first kappa shape index (κ1) is 17.0. The number of rotatable bonds is 4. The van der Waals surface area contributed by atoms with E-state index in [1.165, 1.54) is 12.0 Å². The molecule has 1 amide bonds. The van der Waals surface area contributed by atoms with Gasteiger partial charge in [-0.25, -0.2) is 0 Å². The smallest absolute Gasteiger partial charge is 0.237 e. The van der Waals surface area contributed by atoms with E-state index in [1.54, 1.807) is 0 Å². The second-order valence-electron chi connectivity index (χ2n) is 5.97. The maximum absolute atomic E-state index is 12.1. The highest BCUT2D eigenvalue weighted by Gasteiger charge is 2.24. The molecule has 1 aromatic carbocycles. The third-order valence-electron chi connectivity index (χ3n) is 3.89. The average Bonchev–Trinajstić information content (AvgIpc) is 2.47. The van der Waals surface area contributed by atoms with Crippen molar-refractivity contribution in [3.05, 3.63) is 35.9 Å². The Balaban J connectivity index is 0.00000200. The van der Waals surface area contributed by atoms with Crippen molar-refractivity contribution in [2.75, 3.05) is 13.1 Å². The third-order valence-corrected chi connectivity index (χ3v) is 3.89. The number of halogens is 1. The molecule has 1 saturated heterocycles. The number of hydrogen-bond acceptors (Lipinski definition) is 2. The Kier molecular flexibility index (Phi) is 6.50. The molecule has 4 heteroatoms. The van der Waals surface area contributed by atoms with Gasteiger partial charge in [-0.3, -0.25) is 4.79 Å². The molecule has 0 unspecified atom stereocenters. The summed E-state index contributed by atoms with van der Waals surface area (Å²) in [6.45, 7) is 5.96. The summed E-state index contributed by atoms with van der Waals surface area (Å²) in [5.41, 5.74) is 1.22. The number of amides is 1. The van der Waals surface area contributed by atoms with E-state index in [1.807, 2.05) is 18.2 Å². The first-order chi connectivity index (χ1) is 9.09. The van der Waals surface area contributed by atoms with Gasteiger partial charge in [0.25, 0.3) is 0 Å². The van der Waals surface area contributed by atoms with Gasteiger partial charge in [0.05, 0.1) is 6.04 Å². The number of carbonyl (C=O) groups excluding carboxylic acids is 1. The lowest BCUT2D eigenvalue weighted by molar-refractivity contribution is -0.123. The van der Waals surface area contributed by atoms with Crippen LogP contribution in [0.5, 0.6) is 0 Å². The lowest BCUT2D eigenvalue weighted by atomic mass is 9.84. The average molecular weight is 297 g/mol. The van der Waals surface area contributed by atoms with Gasteiger partial charge in [0.15, 0.2) is 0 Å². The van der Waals surface area contributed by atoms with Gasteiger partial charge in [-0.1, -0.05) is 50.6 Å². The Morgan fingerprint density at radius 1 is 1.30 bits per heavy atom. The van der Waals surface area contributed by atoms with Gasteiger partial charge in [-0.05, 0) is 24.9 Å². The molecule has 1 aliphatic rings. The lowest BCUT2D eigenvalue weighted by Gasteiger charge is -2.28. The fraction of sp³-hybridized carbons (Fsp3) is 0.562. The van der Waals surface area contributed by atoms with Crippen molar-refractivity contribution in [2.45, 2.75) is 44.6 Å². The molecule has 1 aliphatic heterocycles. The molecule has 0 bridgehead atoms. The van der Waals surface area contributed by atoms with Crippen molar-refractivity contribution >= 4 is 18.3 Å². The summed E-state index contributed by atoms with van der Waals surface area (Å²) < 4.78 is 0. The van der Waals surface area contributed by atoms with Crippen LogP contribution in [-0.4, -0.2) is 25.0 Å². The highest BCUT2D eigenvalue weighted by atomic mass is 35.5.